The molecule has 94 valence electrons. The normalized spacial score (nSPS) is 11.5. The van der Waals surface area contributed by atoms with Crippen molar-refractivity contribution in [3.05, 3.63) is 30.0 Å². The standard InChI is InChI=1S/C13H16N4O/c1-8-9-6-4-5-7-10(9)11(17-16-8)15-13(2,3)12(14)18/h4-7H,1-3H3,(H2,14,18)(H,15,17). The summed E-state index contributed by atoms with van der Waals surface area (Å²) in [5.41, 5.74) is 5.33. The fourth-order valence-electron chi connectivity index (χ4n) is 1.69. The number of carbonyl (C=O) groups is 1. The van der Waals surface area contributed by atoms with Crippen molar-refractivity contribution < 1.29 is 4.79 Å². The summed E-state index contributed by atoms with van der Waals surface area (Å²) in [6, 6.07) is 7.78. The lowest BCUT2D eigenvalue weighted by atomic mass is 10.0. The molecule has 2 rings (SSSR count). The summed E-state index contributed by atoms with van der Waals surface area (Å²) in [6.07, 6.45) is 0. The molecule has 5 heteroatoms. The van der Waals surface area contributed by atoms with Crippen LogP contribution in [0.4, 0.5) is 5.82 Å². The minimum atomic E-state index is -0.868. The Balaban J connectivity index is 2.53. The molecule has 5 nitrogen and oxygen atoms in total. The first-order valence-electron chi connectivity index (χ1n) is 5.72. The summed E-state index contributed by atoms with van der Waals surface area (Å²) in [5, 5.41) is 13.2. The SMILES string of the molecule is Cc1nnc(NC(C)(C)C(N)=O)c2ccccc12. The van der Waals surface area contributed by atoms with Gasteiger partial charge in [0.2, 0.25) is 5.91 Å². The minimum absolute atomic E-state index is 0.436. The predicted molar refractivity (Wildman–Crippen MR) is 71.2 cm³/mol. The number of fused-ring (bicyclic) bond motifs is 1. The van der Waals surface area contributed by atoms with Gasteiger partial charge in [0, 0.05) is 10.8 Å². The molecule has 2 aromatic rings. The van der Waals surface area contributed by atoms with Gasteiger partial charge in [-0.3, -0.25) is 4.79 Å². The smallest absolute Gasteiger partial charge is 0.242 e. The van der Waals surface area contributed by atoms with E-state index in [-0.39, 0.29) is 0 Å². The van der Waals surface area contributed by atoms with Gasteiger partial charge in [-0.25, -0.2) is 0 Å². The summed E-state index contributed by atoms with van der Waals surface area (Å²) in [5.74, 6) is 0.133. The molecule has 3 N–H and O–H groups in total. The molecule has 1 aromatic carbocycles. The van der Waals surface area contributed by atoms with Crippen molar-refractivity contribution in [1.82, 2.24) is 10.2 Å². The molecular weight excluding hydrogens is 228 g/mol. The maximum absolute atomic E-state index is 11.3. The number of aryl methyl sites for hydroxylation is 1. The summed E-state index contributed by atoms with van der Waals surface area (Å²) in [6.45, 7) is 5.33. The number of aromatic nitrogens is 2. The zero-order valence-electron chi connectivity index (χ0n) is 10.7. The van der Waals surface area contributed by atoms with Crippen LogP contribution in [0.5, 0.6) is 0 Å². The zero-order chi connectivity index (χ0) is 13.3. The van der Waals surface area contributed by atoms with Gasteiger partial charge in [0.25, 0.3) is 0 Å². The number of nitrogens with one attached hydrogen (secondary N) is 1. The van der Waals surface area contributed by atoms with Crippen LogP contribution in [0.2, 0.25) is 0 Å². The molecule has 0 aliphatic rings. The van der Waals surface area contributed by atoms with Crippen molar-refractivity contribution in [3.63, 3.8) is 0 Å². The molecular formula is C13H16N4O. The van der Waals surface area contributed by atoms with Crippen LogP contribution in [0.3, 0.4) is 0 Å². The Morgan fingerprint density at radius 3 is 2.44 bits per heavy atom. The molecule has 18 heavy (non-hydrogen) atoms. The molecule has 0 aliphatic carbocycles. The monoisotopic (exact) mass is 244 g/mol. The molecule has 0 aliphatic heterocycles. The Kier molecular flexibility index (Phi) is 2.90. The van der Waals surface area contributed by atoms with E-state index in [9.17, 15) is 4.79 Å². The molecule has 1 heterocycles. The Bertz CT molecular complexity index is 607. The average molecular weight is 244 g/mol. The minimum Gasteiger partial charge on any atom is -0.368 e. The maximum atomic E-state index is 11.3. The van der Waals surface area contributed by atoms with Crippen LogP contribution in [-0.4, -0.2) is 21.6 Å². The highest BCUT2D eigenvalue weighted by molar-refractivity contribution is 5.95. The second-order valence-electron chi connectivity index (χ2n) is 4.79. The van der Waals surface area contributed by atoms with Crippen molar-refractivity contribution in [2.75, 3.05) is 5.32 Å². The molecule has 1 aromatic heterocycles. The summed E-state index contributed by atoms with van der Waals surface area (Å²) >= 11 is 0. The number of hydrogen-bond acceptors (Lipinski definition) is 4. The van der Waals surface area contributed by atoms with Gasteiger partial charge in [-0.2, -0.15) is 5.10 Å². The third-order valence-electron chi connectivity index (χ3n) is 2.92. The summed E-state index contributed by atoms with van der Waals surface area (Å²) in [4.78, 5) is 11.3. The van der Waals surface area contributed by atoms with Gasteiger partial charge in [0.15, 0.2) is 5.82 Å². The highest BCUT2D eigenvalue weighted by atomic mass is 16.1. The fraction of sp³-hybridized carbons (Fsp3) is 0.308. The van der Waals surface area contributed by atoms with E-state index in [2.05, 4.69) is 15.5 Å². The second kappa shape index (κ2) is 4.25. The van der Waals surface area contributed by atoms with Crippen LogP contribution in [-0.2, 0) is 4.79 Å². The van der Waals surface area contributed by atoms with E-state index in [4.69, 9.17) is 5.73 Å². The molecule has 0 radical (unpaired) electrons. The van der Waals surface area contributed by atoms with Crippen LogP contribution in [0.1, 0.15) is 19.5 Å². The first kappa shape index (κ1) is 12.3. The van der Waals surface area contributed by atoms with E-state index >= 15 is 0 Å². The van der Waals surface area contributed by atoms with Gasteiger partial charge >= 0.3 is 0 Å². The van der Waals surface area contributed by atoms with Crippen molar-refractivity contribution >= 4 is 22.5 Å². The topological polar surface area (TPSA) is 80.9 Å². The molecule has 0 fully saturated rings. The Morgan fingerprint density at radius 2 is 1.83 bits per heavy atom. The predicted octanol–water partition coefficient (Wildman–Crippen LogP) is 1.61. The van der Waals surface area contributed by atoms with Crippen molar-refractivity contribution in [2.24, 2.45) is 5.73 Å². The van der Waals surface area contributed by atoms with Gasteiger partial charge in [-0.1, -0.05) is 24.3 Å². The largest absolute Gasteiger partial charge is 0.368 e. The van der Waals surface area contributed by atoms with Gasteiger partial charge in [-0.15, -0.1) is 5.10 Å². The number of benzene rings is 1. The fourth-order valence-corrected chi connectivity index (χ4v) is 1.69. The number of carbonyl (C=O) groups excluding carboxylic acids is 1. The number of nitrogens with zero attached hydrogens (tertiary/aromatic N) is 2. The van der Waals surface area contributed by atoms with Gasteiger partial charge in [0.05, 0.1) is 5.69 Å². The van der Waals surface area contributed by atoms with Crippen LogP contribution in [0.15, 0.2) is 24.3 Å². The van der Waals surface area contributed by atoms with Crippen LogP contribution >= 0.6 is 0 Å². The first-order chi connectivity index (χ1) is 8.42. The van der Waals surface area contributed by atoms with Crippen molar-refractivity contribution in [3.8, 4) is 0 Å². The lowest BCUT2D eigenvalue weighted by Crippen LogP contribution is -2.45. The molecule has 0 saturated heterocycles. The maximum Gasteiger partial charge on any atom is 0.242 e. The molecule has 0 unspecified atom stereocenters. The molecule has 0 bridgehead atoms. The average Bonchev–Trinajstić information content (AvgIpc) is 2.33. The van der Waals surface area contributed by atoms with E-state index < -0.39 is 11.4 Å². The Hall–Kier alpha value is -2.17. The number of primary amides is 1. The van der Waals surface area contributed by atoms with Crippen LogP contribution in [0, 0.1) is 6.92 Å². The summed E-state index contributed by atoms with van der Waals surface area (Å²) < 4.78 is 0. The molecule has 0 saturated carbocycles. The van der Waals surface area contributed by atoms with Crippen LogP contribution in [0.25, 0.3) is 10.8 Å². The lowest BCUT2D eigenvalue weighted by Gasteiger charge is -2.23. The quantitative estimate of drug-likeness (QED) is 0.859. The van der Waals surface area contributed by atoms with E-state index in [1.54, 1.807) is 13.8 Å². The van der Waals surface area contributed by atoms with E-state index in [0.29, 0.717) is 5.82 Å². The van der Waals surface area contributed by atoms with E-state index in [1.807, 2.05) is 31.2 Å². The third kappa shape index (κ3) is 2.11. The van der Waals surface area contributed by atoms with Crippen LogP contribution < -0.4 is 11.1 Å². The second-order valence-corrected chi connectivity index (χ2v) is 4.79. The van der Waals surface area contributed by atoms with Crippen molar-refractivity contribution in [1.29, 1.82) is 0 Å². The lowest BCUT2D eigenvalue weighted by molar-refractivity contribution is -0.121. The highest BCUT2D eigenvalue weighted by Gasteiger charge is 2.25. The molecule has 0 atom stereocenters. The van der Waals surface area contributed by atoms with Gasteiger partial charge in [-0.05, 0) is 20.8 Å². The number of amides is 1. The number of rotatable bonds is 3. The molecule has 0 spiro atoms. The Morgan fingerprint density at radius 1 is 1.22 bits per heavy atom. The molecule has 1 amide bonds. The van der Waals surface area contributed by atoms with Gasteiger partial charge in [0.1, 0.15) is 5.54 Å². The van der Waals surface area contributed by atoms with E-state index in [0.717, 1.165) is 16.5 Å². The first-order valence-corrected chi connectivity index (χ1v) is 5.72. The van der Waals surface area contributed by atoms with Gasteiger partial charge < -0.3 is 11.1 Å². The number of anilines is 1. The van der Waals surface area contributed by atoms with E-state index in [1.165, 1.54) is 0 Å². The Labute approximate surface area is 105 Å². The zero-order valence-corrected chi connectivity index (χ0v) is 10.7. The summed E-state index contributed by atoms with van der Waals surface area (Å²) in [7, 11) is 0. The highest BCUT2D eigenvalue weighted by Crippen LogP contribution is 2.24. The number of hydrogen-bond donors (Lipinski definition) is 2. The van der Waals surface area contributed by atoms with Crippen molar-refractivity contribution in [2.45, 2.75) is 26.3 Å². The number of nitrogens with two attached hydrogens (primary N) is 1. The third-order valence-corrected chi connectivity index (χ3v) is 2.92.